The van der Waals surface area contributed by atoms with Crippen LogP contribution in [-0.4, -0.2) is 14.8 Å². The van der Waals surface area contributed by atoms with Crippen LogP contribution in [0.3, 0.4) is 0 Å². The fraction of sp³-hybridized carbons (Fsp3) is 0.800. The molecular weight excluding hydrogens is 176 g/mol. The van der Waals surface area contributed by atoms with Gasteiger partial charge in [0, 0.05) is 6.54 Å². The van der Waals surface area contributed by atoms with Crippen LogP contribution in [0.25, 0.3) is 0 Å². The molecule has 4 heteroatoms. The number of hydrogen-bond acceptors (Lipinski definition) is 3. The van der Waals surface area contributed by atoms with Crippen molar-refractivity contribution in [2.75, 3.05) is 5.73 Å². The minimum Gasteiger partial charge on any atom is -0.367 e. The van der Waals surface area contributed by atoms with Crippen LogP contribution in [0.1, 0.15) is 25.7 Å². The maximum Gasteiger partial charge on any atom is 0.239 e. The zero-order chi connectivity index (χ0) is 9.54. The number of nitrogen functional groups attached to an aromatic ring is 1. The molecular formula is C10H16N4. The van der Waals surface area contributed by atoms with Crippen molar-refractivity contribution in [2.45, 2.75) is 32.2 Å². The van der Waals surface area contributed by atoms with Gasteiger partial charge in [0.25, 0.3) is 0 Å². The molecule has 1 aromatic rings. The summed E-state index contributed by atoms with van der Waals surface area (Å²) in [5.74, 6) is 3.49. The summed E-state index contributed by atoms with van der Waals surface area (Å²) in [4.78, 5) is 3.91. The molecule has 0 bridgehead atoms. The number of nitrogens with two attached hydrogens (primary N) is 1. The van der Waals surface area contributed by atoms with Gasteiger partial charge in [-0.15, -0.1) is 5.10 Å². The lowest BCUT2D eigenvalue weighted by Crippen LogP contribution is -2.01. The molecule has 0 aliphatic heterocycles. The molecule has 2 aliphatic carbocycles. The van der Waals surface area contributed by atoms with Gasteiger partial charge in [0.1, 0.15) is 6.33 Å². The van der Waals surface area contributed by atoms with Crippen molar-refractivity contribution in [3.05, 3.63) is 6.33 Å². The van der Waals surface area contributed by atoms with Crippen molar-refractivity contribution in [2.24, 2.45) is 17.8 Å². The Labute approximate surface area is 83.5 Å². The zero-order valence-corrected chi connectivity index (χ0v) is 8.26. The molecule has 1 aromatic heterocycles. The highest BCUT2D eigenvalue weighted by Crippen LogP contribution is 2.55. The predicted octanol–water partition coefficient (Wildman–Crippen LogP) is 1.30. The average molecular weight is 192 g/mol. The summed E-state index contributed by atoms with van der Waals surface area (Å²) in [6.45, 7) is 0.984. The summed E-state index contributed by atoms with van der Waals surface area (Å²) in [6, 6.07) is 0. The molecule has 4 nitrogen and oxygen atoms in total. The van der Waals surface area contributed by atoms with Crippen LogP contribution in [0.4, 0.5) is 5.95 Å². The highest BCUT2D eigenvalue weighted by atomic mass is 15.3. The number of hydrogen-bond donors (Lipinski definition) is 1. The third-order valence-corrected chi connectivity index (χ3v) is 3.49. The van der Waals surface area contributed by atoms with Gasteiger partial charge in [-0.2, -0.15) is 0 Å². The second-order valence-electron chi connectivity index (χ2n) is 4.65. The van der Waals surface area contributed by atoms with Gasteiger partial charge >= 0.3 is 0 Å². The van der Waals surface area contributed by atoms with Gasteiger partial charge in [-0.3, -0.25) is 4.68 Å². The Morgan fingerprint density at radius 2 is 2.36 bits per heavy atom. The quantitative estimate of drug-likeness (QED) is 0.782. The second-order valence-corrected chi connectivity index (χ2v) is 4.65. The van der Waals surface area contributed by atoms with Crippen molar-refractivity contribution in [1.29, 1.82) is 0 Å². The summed E-state index contributed by atoms with van der Waals surface area (Å²) >= 11 is 0. The van der Waals surface area contributed by atoms with E-state index in [9.17, 15) is 0 Å². The number of rotatable bonds is 4. The Morgan fingerprint density at radius 3 is 3.00 bits per heavy atom. The minimum absolute atomic E-state index is 0.388. The smallest absolute Gasteiger partial charge is 0.239 e. The molecule has 0 radical (unpaired) electrons. The van der Waals surface area contributed by atoms with Crippen LogP contribution in [-0.2, 0) is 6.54 Å². The van der Waals surface area contributed by atoms with Crippen molar-refractivity contribution < 1.29 is 0 Å². The van der Waals surface area contributed by atoms with Crippen molar-refractivity contribution >= 4 is 5.95 Å². The topological polar surface area (TPSA) is 56.7 Å². The average Bonchev–Trinajstić information content (AvgIpc) is 3.03. The third-order valence-electron chi connectivity index (χ3n) is 3.49. The molecule has 2 aliphatic rings. The number of aromatic nitrogens is 3. The molecule has 1 heterocycles. The van der Waals surface area contributed by atoms with E-state index in [1.54, 1.807) is 6.33 Å². The van der Waals surface area contributed by atoms with E-state index in [-0.39, 0.29) is 0 Å². The van der Waals surface area contributed by atoms with Gasteiger partial charge in [0.2, 0.25) is 5.95 Å². The molecule has 0 amide bonds. The first kappa shape index (κ1) is 8.26. The fourth-order valence-electron chi connectivity index (χ4n) is 2.42. The Bertz CT molecular complexity index is 329. The molecule has 3 rings (SSSR count). The maximum atomic E-state index is 5.44. The minimum atomic E-state index is 0.388. The maximum absolute atomic E-state index is 5.44. The van der Waals surface area contributed by atoms with Crippen molar-refractivity contribution in [3.63, 3.8) is 0 Å². The molecule has 2 fully saturated rings. The monoisotopic (exact) mass is 192 g/mol. The first-order valence-corrected chi connectivity index (χ1v) is 5.48. The second kappa shape index (κ2) is 2.97. The van der Waals surface area contributed by atoms with Crippen LogP contribution in [0, 0.1) is 17.8 Å². The van der Waals surface area contributed by atoms with Gasteiger partial charge in [-0.05, 0) is 43.4 Å². The Morgan fingerprint density at radius 1 is 1.50 bits per heavy atom. The molecule has 0 spiro atoms. The summed E-state index contributed by atoms with van der Waals surface area (Å²) in [5, 5.41) is 4.08. The largest absolute Gasteiger partial charge is 0.367 e. The van der Waals surface area contributed by atoms with Crippen LogP contribution < -0.4 is 5.73 Å². The van der Waals surface area contributed by atoms with Crippen molar-refractivity contribution in [1.82, 2.24) is 14.8 Å². The van der Waals surface area contributed by atoms with Crippen LogP contribution in [0.15, 0.2) is 6.33 Å². The van der Waals surface area contributed by atoms with Gasteiger partial charge in [0.05, 0.1) is 0 Å². The van der Waals surface area contributed by atoms with E-state index in [0.717, 1.165) is 24.3 Å². The molecule has 14 heavy (non-hydrogen) atoms. The lowest BCUT2D eigenvalue weighted by Gasteiger charge is -1.99. The van der Waals surface area contributed by atoms with Gasteiger partial charge in [-0.25, -0.2) is 4.98 Å². The first-order valence-electron chi connectivity index (χ1n) is 5.48. The van der Waals surface area contributed by atoms with E-state index in [2.05, 4.69) is 10.1 Å². The van der Waals surface area contributed by atoms with E-state index in [0.29, 0.717) is 5.95 Å². The lowest BCUT2D eigenvalue weighted by atomic mass is 10.2. The van der Waals surface area contributed by atoms with E-state index in [4.69, 9.17) is 5.73 Å². The van der Waals surface area contributed by atoms with E-state index < -0.39 is 0 Å². The summed E-state index contributed by atoms with van der Waals surface area (Å²) in [5.41, 5.74) is 5.44. The van der Waals surface area contributed by atoms with Crippen molar-refractivity contribution in [3.8, 4) is 0 Å². The van der Waals surface area contributed by atoms with E-state index in [1.807, 2.05) is 4.68 Å². The molecule has 2 atom stereocenters. The molecule has 0 unspecified atom stereocenters. The normalized spacial score (nSPS) is 30.6. The van der Waals surface area contributed by atoms with Crippen LogP contribution >= 0.6 is 0 Å². The summed E-state index contributed by atoms with van der Waals surface area (Å²) in [6.07, 6.45) is 7.40. The third kappa shape index (κ3) is 1.61. The fourth-order valence-corrected chi connectivity index (χ4v) is 2.42. The number of nitrogens with zero attached hydrogens (tertiary/aromatic N) is 3. The predicted molar refractivity (Wildman–Crippen MR) is 53.4 cm³/mol. The van der Waals surface area contributed by atoms with Crippen LogP contribution in [0.5, 0.6) is 0 Å². The highest BCUT2D eigenvalue weighted by Gasteiger charge is 2.46. The highest BCUT2D eigenvalue weighted by molar-refractivity contribution is 5.09. The number of aryl methyl sites for hydroxylation is 1. The molecule has 2 N–H and O–H groups in total. The lowest BCUT2D eigenvalue weighted by molar-refractivity contribution is 0.509. The van der Waals surface area contributed by atoms with E-state index >= 15 is 0 Å². The van der Waals surface area contributed by atoms with Gasteiger partial charge < -0.3 is 5.73 Å². The molecule has 76 valence electrons. The number of anilines is 1. The van der Waals surface area contributed by atoms with Gasteiger partial charge in [-0.1, -0.05) is 0 Å². The first-order chi connectivity index (χ1) is 6.83. The van der Waals surface area contributed by atoms with E-state index in [1.165, 1.54) is 25.7 Å². The Balaban J connectivity index is 1.46. The molecule has 2 saturated carbocycles. The molecule has 0 saturated heterocycles. The summed E-state index contributed by atoms with van der Waals surface area (Å²) < 4.78 is 1.86. The zero-order valence-electron chi connectivity index (χ0n) is 8.26. The SMILES string of the molecule is Nc1ncn(CC[C@@H]2C[C@H]2C2CC2)n1. The van der Waals surface area contributed by atoms with Crippen LogP contribution in [0.2, 0.25) is 0 Å². The summed E-state index contributed by atoms with van der Waals surface area (Å²) in [7, 11) is 0. The molecule has 0 aromatic carbocycles. The standard InChI is InChI=1S/C10H16N4/c11-10-12-6-14(13-10)4-3-8-5-9(8)7-1-2-7/h6-9H,1-5H2,(H2,11,13)/t8-,9+/m1/s1. The Kier molecular flexibility index (Phi) is 1.75. The van der Waals surface area contributed by atoms with Gasteiger partial charge in [0.15, 0.2) is 0 Å². The Hall–Kier alpha value is -1.06.